The monoisotopic (exact) mass is 396 g/mol. The van der Waals surface area contributed by atoms with Gasteiger partial charge in [0.1, 0.15) is 0 Å². The molecule has 9 heteroatoms. The summed E-state index contributed by atoms with van der Waals surface area (Å²) in [7, 11) is -1.83. The average molecular weight is 397 g/mol. The van der Waals surface area contributed by atoms with Crippen LogP contribution in [0.25, 0.3) is 0 Å². The minimum atomic E-state index is -3.55. The number of carbonyl (C=O) groups is 2. The third-order valence-electron chi connectivity index (χ3n) is 4.44. The predicted octanol–water partition coefficient (Wildman–Crippen LogP) is 1.71. The fourth-order valence-corrected chi connectivity index (χ4v) is 3.66. The number of nitrogens with zero attached hydrogens (tertiary/aromatic N) is 2. The van der Waals surface area contributed by atoms with Crippen LogP contribution in [0.15, 0.2) is 29.2 Å². The third-order valence-corrected chi connectivity index (χ3v) is 5.92. The molecule has 8 nitrogen and oxygen atoms in total. The number of anilines is 1. The van der Waals surface area contributed by atoms with Crippen molar-refractivity contribution in [1.82, 2.24) is 14.5 Å². The van der Waals surface area contributed by atoms with Gasteiger partial charge in [-0.2, -0.15) is 0 Å². The molecule has 1 aliphatic heterocycles. The van der Waals surface area contributed by atoms with E-state index in [0.717, 1.165) is 6.42 Å². The molecule has 2 N–H and O–H groups in total. The Morgan fingerprint density at radius 2 is 1.81 bits per heavy atom. The summed E-state index contributed by atoms with van der Waals surface area (Å²) in [5.41, 5.74) is 0.505. The largest absolute Gasteiger partial charge is 0.344 e. The van der Waals surface area contributed by atoms with Gasteiger partial charge in [-0.05, 0) is 36.6 Å². The van der Waals surface area contributed by atoms with Gasteiger partial charge in [-0.15, -0.1) is 0 Å². The molecule has 150 valence electrons. The number of hydrogen-bond acceptors (Lipinski definition) is 4. The Morgan fingerprint density at radius 1 is 1.15 bits per heavy atom. The summed E-state index contributed by atoms with van der Waals surface area (Å²) < 4.78 is 27.1. The highest BCUT2D eigenvalue weighted by Crippen LogP contribution is 2.15. The molecule has 0 unspecified atom stereocenters. The molecule has 27 heavy (non-hydrogen) atoms. The first-order valence-corrected chi connectivity index (χ1v) is 10.6. The van der Waals surface area contributed by atoms with E-state index in [1.165, 1.54) is 12.1 Å². The van der Waals surface area contributed by atoms with E-state index >= 15 is 0 Å². The minimum absolute atomic E-state index is 0.0184. The van der Waals surface area contributed by atoms with Crippen LogP contribution in [0, 0.1) is 5.92 Å². The molecule has 0 atom stereocenters. The molecule has 2 rings (SSSR count). The maximum atomic E-state index is 12.4. The van der Waals surface area contributed by atoms with Gasteiger partial charge in [0.25, 0.3) is 0 Å². The van der Waals surface area contributed by atoms with Gasteiger partial charge in [0.15, 0.2) is 0 Å². The van der Waals surface area contributed by atoms with E-state index in [2.05, 4.69) is 10.0 Å². The van der Waals surface area contributed by atoms with E-state index < -0.39 is 10.0 Å². The van der Waals surface area contributed by atoms with Crippen molar-refractivity contribution >= 4 is 27.6 Å². The smallest absolute Gasteiger partial charge is 0.321 e. The SMILES string of the molecule is CC(C)CCNS(=O)(=O)c1ccc(NC(=O)N2CCC(=O)N(C)CC2)cc1. The average Bonchev–Trinajstić information content (AvgIpc) is 2.77. The normalized spacial score (nSPS) is 15.8. The zero-order chi connectivity index (χ0) is 20.0. The molecule has 0 aromatic heterocycles. The number of amides is 3. The van der Waals surface area contributed by atoms with Gasteiger partial charge in [0, 0.05) is 45.3 Å². The van der Waals surface area contributed by atoms with E-state index in [9.17, 15) is 18.0 Å². The first-order chi connectivity index (χ1) is 12.7. The summed E-state index contributed by atoms with van der Waals surface area (Å²) in [6.45, 7) is 5.77. The second-order valence-corrected chi connectivity index (χ2v) is 8.85. The summed E-state index contributed by atoms with van der Waals surface area (Å²) in [6, 6.07) is 5.75. The van der Waals surface area contributed by atoms with Crippen LogP contribution >= 0.6 is 0 Å². The predicted molar refractivity (Wildman–Crippen MR) is 104 cm³/mol. The number of sulfonamides is 1. The highest BCUT2D eigenvalue weighted by Gasteiger charge is 2.21. The Hall–Kier alpha value is -2.13. The third kappa shape index (κ3) is 6.21. The highest BCUT2D eigenvalue weighted by molar-refractivity contribution is 7.89. The first kappa shape index (κ1) is 21.2. The summed E-state index contributed by atoms with van der Waals surface area (Å²) in [5, 5.41) is 2.75. The molecule has 1 aliphatic rings. The lowest BCUT2D eigenvalue weighted by atomic mass is 10.1. The molecule has 1 saturated heterocycles. The molecule has 0 spiro atoms. The molecule has 1 aromatic carbocycles. The van der Waals surface area contributed by atoms with Gasteiger partial charge >= 0.3 is 6.03 Å². The highest BCUT2D eigenvalue weighted by atomic mass is 32.2. The number of carbonyl (C=O) groups excluding carboxylic acids is 2. The Labute approximate surface area is 161 Å². The van der Waals surface area contributed by atoms with Gasteiger partial charge in [-0.25, -0.2) is 17.9 Å². The van der Waals surface area contributed by atoms with Crippen LogP contribution in [0.5, 0.6) is 0 Å². The molecule has 0 bridgehead atoms. The van der Waals surface area contributed by atoms with Crippen LogP contribution in [0.2, 0.25) is 0 Å². The summed E-state index contributed by atoms with van der Waals surface area (Å²) in [4.78, 5) is 27.4. The van der Waals surface area contributed by atoms with Crippen LogP contribution in [0.1, 0.15) is 26.7 Å². The van der Waals surface area contributed by atoms with E-state index in [1.807, 2.05) is 13.8 Å². The molecule has 0 saturated carbocycles. The van der Waals surface area contributed by atoms with E-state index in [0.29, 0.717) is 44.2 Å². The number of urea groups is 1. The topological polar surface area (TPSA) is 98.8 Å². The Bertz CT molecular complexity index is 762. The van der Waals surface area contributed by atoms with E-state index in [4.69, 9.17) is 0 Å². The fourth-order valence-electron chi connectivity index (χ4n) is 2.62. The van der Waals surface area contributed by atoms with Crippen molar-refractivity contribution in [1.29, 1.82) is 0 Å². The molecule has 1 fully saturated rings. The summed E-state index contributed by atoms with van der Waals surface area (Å²) in [6.07, 6.45) is 1.06. The van der Waals surface area contributed by atoms with Crippen molar-refractivity contribution in [2.45, 2.75) is 31.6 Å². The van der Waals surface area contributed by atoms with Crippen molar-refractivity contribution in [3.05, 3.63) is 24.3 Å². The maximum absolute atomic E-state index is 12.4. The van der Waals surface area contributed by atoms with Gasteiger partial charge < -0.3 is 15.1 Å². The zero-order valence-corrected chi connectivity index (χ0v) is 16.9. The van der Waals surface area contributed by atoms with Crippen LogP contribution < -0.4 is 10.0 Å². The number of likely N-dealkylation sites (N-methyl/N-ethyl adjacent to an activating group) is 1. The lowest BCUT2D eigenvalue weighted by Crippen LogP contribution is -2.37. The molecule has 3 amide bonds. The van der Waals surface area contributed by atoms with Crippen molar-refractivity contribution in [2.75, 3.05) is 38.5 Å². The van der Waals surface area contributed by atoms with E-state index in [-0.39, 0.29) is 16.8 Å². The lowest BCUT2D eigenvalue weighted by molar-refractivity contribution is -0.129. The second-order valence-electron chi connectivity index (χ2n) is 7.09. The molecule has 1 heterocycles. The van der Waals surface area contributed by atoms with Gasteiger partial charge in [0.05, 0.1) is 4.90 Å². The van der Waals surface area contributed by atoms with Crippen molar-refractivity contribution in [2.24, 2.45) is 5.92 Å². The Morgan fingerprint density at radius 3 is 2.44 bits per heavy atom. The van der Waals surface area contributed by atoms with Crippen LogP contribution in [0.3, 0.4) is 0 Å². The second kappa shape index (κ2) is 9.18. The quantitative estimate of drug-likeness (QED) is 0.765. The fraction of sp³-hybridized carbons (Fsp3) is 0.556. The van der Waals surface area contributed by atoms with E-state index in [1.54, 1.807) is 29.0 Å². The number of rotatable bonds is 6. The van der Waals surface area contributed by atoms with Crippen LogP contribution in [-0.4, -0.2) is 63.4 Å². The number of hydrogen-bond donors (Lipinski definition) is 2. The zero-order valence-electron chi connectivity index (χ0n) is 16.1. The first-order valence-electron chi connectivity index (χ1n) is 9.08. The van der Waals surface area contributed by atoms with Gasteiger partial charge in [-0.3, -0.25) is 4.79 Å². The molecule has 0 aliphatic carbocycles. The Kier molecular flexibility index (Phi) is 7.20. The van der Waals surface area contributed by atoms with Crippen molar-refractivity contribution < 1.29 is 18.0 Å². The molecule has 1 aromatic rings. The summed E-state index contributed by atoms with van der Waals surface area (Å²) >= 11 is 0. The molecule has 0 radical (unpaired) electrons. The Balaban J connectivity index is 1.95. The summed E-state index contributed by atoms with van der Waals surface area (Å²) in [5.74, 6) is 0.434. The van der Waals surface area contributed by atoms with Gasteiger partial charge in [-0.1, -0.05) is 13.8 Å². The number of benzene rings is 1. The molecular formula is C18H28N4O4S. The van der Waals surface area contributed by atoms with Gasteiger partial charge in [0.2, 0.25) is 15.9 Å². The lowest BCUT2D eigenvalue weighted by Gasteiger charge is -2.20. The minimum Gasteiger partial charge on any atom is -0.344 e. The molecular weight excluding hydrogens is 368 g/mol. The van der Waals surface area contributed by atoms with Crippen LogP contribution in [0.4, 0.5) is 10.5 Å². The maximum Gasteiger partial charge on any atom is 0.321 e. The standard InChI is InChI=1S/C18H28N4O4S/c1-14(2)8-10-19-27(25,26)16-6-4-15(5-7-16)20-18(24)22-11-9-17(23)21(3)12-13-22/h4-7,14,19H,8-13H2,1-3H3,(H,20,24). The number of nitrogens with one attached hydrogen (secondary N) is 2. The van der Waals surface area contributed by atoms with Crippen LogP contribution in [-0.2, 0) is 14.8 Å². The van der Waals surface area contributed by atoms with Crippen molar-refractivity contribution in [3.8, 4) is 0 Å². The van der Waals surface area contributed by atoms with Crippen molar-refractivity contribution in [3.63, 3.8) is 0 Å².